The first-order valence-corrected chi connectivity index (χ1v) is 10.1. The second kappa shape index (κ2) is 7.72. The topological polar surface area (TPSA) is 58.2 Å². The highest BCUT2D eigenvalue weighted by atomic mass is 32.2. The van der Waals surface area contributed by atoms with Crippen LogP contribution in [0, 0.1) is 5.92 Å². The van der Waals surface area contributed by atoms with E-state index < -0.39 is 10.0 Å². The predicted octanol–water partition coefficient (Wildman–Crippen LogP) is 3.10. The van der Waals surface area contributed by atoms with E-state index in [0.717, 1.165) is 56.0 Å². The van der Waals surface area contributed by atoms with Crippen molar-refractivity contribution in [2.24, 2.45) is 5.92 Å². The van der Waals surface area contributed by atoms with E-state index in [1.54, 1.807) is 6.07 Å². The summed E-state index contributed by atoms with van der Waals surface area (Å²) in [6.45, 7) is 6.05. The van der Waals surface area contributed by atoms with Crippen LogP contribution in [0.1, 0.15) is 50.8 Å². The number of nitrogens with one attached hydrogen (secondary N) is 2. The summed E-state index contributed by atoms with van der Waals surface area (Å²) in [6, 6.07) is 3.74. The number of hydrogen-bond donors (Lipinski definition) is 2. The Labute approximate surface area is 132 Å². The Kier molecular flexibility index (Phi) is 6.22. The fourth-order valence-electron chi connectivity index (χ4n) is 2.64. The van der Waals surface area contributed by atoms with E-state index in [4.69, 9.17) is 0 Å². The molecule has 120 valence electrons. The van der Waals surface area contributed by atoms with Crippen molar-refractivity contribution in [3.63, 3.8) is 0 Å². The van der Waals surface area contributed by atoms with Gasteiger partial charge >= 0.3 is 0 Å². The zero-order valence-corrected chi connectivity index (χ0v) is 14.5. The Morgan fingerprint density at radius 1 is 1.24 bits per heavy atom. The number of hydrogen-bond acceptors (Lipinski definition) is 4. The van der Waals surface area contributed by atoms with Crippen LogP contribution in [0.25, 0.3) is 0 Å². The second-order valence-electron chi connectivity index (χ2n) is 5.98. The number of thiophene rings is 1. The molecule has 0 bridgehead atoms. The molecule has 21 heavy (non-hydrogen) atoms. The molecule has 1 saturated carbocycles. The molecule has 2 rings (SSSR count). The van der Waals surface area contributed by atoms with Gasteiger partial charge in [-0.1, -0.05) is 13.8 Å². The minimum atomic E-state index is -3.35. The van der Waals surface area contributed by atoms with Crippen LogP contribution in [-0.2, 0) is 16.6 Å². The molecular formula is C15H26N2O2S2. The molecule has 1 aliphatic rings. The molecular weight excluding hydrogens is 304 g/mol. The minimum absolute atomic E-state index is 0.106. The van der Waals surface area contributed by atoms with E-state index in [1.165, 1.54) is 11.3 Å². The highest BCUT2D eigenvalue weighted by Crippen LogP contribution is 2.26. The van der Waals surface area contributed by atoms with Gasteiger partial charge in [0, 0.05) is 17.5 Å². The molecule has 0 amide bonds. The lowest BCUT2D eigenvalue weighted by Crippen LogP contribution is -2.36. The highest BCUT2D eigenvalue weighted by Gasteiger charge is 2.25. The Morgan fingerprint density at radius 3 is 2.62 bits per heavy atom. The van der Waals surface area contributed by atoms with Crippen LogP contribution in [0.3, 0.4) is 0 Å². The summed E-state index contributed by atoms with van der Waals surface area (Å²) < 4.78 is 28.1. The van der Waals surface area contributed by atoms with Gasteiger partial charge in [0.1, 0.15) is 4.21 Å². The van der Waals surface area contributed by atoms with Crippen molar-refractivity contribution in [3.8, 4) is 0 Å². The minimum Gasteiger partial charge on any atom is -0.312 e. The molecule has 0 aliphatic heterocycles. The van der Waals surface area contributed by atoms with Crippen molar-refractivity contribution >= 4 is 21.4 Å². The Morgan fingerprint density at radius 2 is 1.95 bits per heavy atom. The lowest BCUT2D eigenvalue weighted by atomic mass is 9.88. The summed E-state index contributed by atoms with van der Waals surface area (Å²) in [5.41, 5.74) is 0. The zero-order valence-electron chi connectivity index (χ0n) is 12.9. The van der Waals surface area contributed by atoms with E-state index in [-0.39, 0.29) is 6.04 Å². The Bertz CT molecular complexity index is 532. The molecule has 1 aliphatic carbocycles. The van der Waals surface area contributed by atoms with Crippen molar-refractivity contribution in [3.05, 3.63) is 17.0 Å². The molecule has 4 nitrogen and oxygen atoms in total. The lowest BCUT2D eigenvalue weighted by Gasteiger charge is -2.26. The maximum atomic E-state index is 12.4. The van der Waals surface area contributed by atoms with E-state index in [9.17, 15) is 8.42 Å². The van der Waals surface area contributed by atoms with E-state index >= 15 is 0 Å². The largest absolute Gasteiger partial charge is 0.312 e. The monoisotopic (exact) mass is 330 g/mol. The molecule has 0 spiro atoms. The summed E-state index contributed by atoms with van der Waals surface area (Å²) in [6.07, 6.45) is 5.22. The highest BCUT2D eigenvalue weighted by molar-refractivity contribution is 7.91. The first-order valence-electron chi connectivity index (χ1n) is 7.83. The smallest absolute Gasteiger partial charge is 0.250 e. The maximum Gasteiger partial charge on any atom is 0.250 e. The summed E-state index contributed by atoms with van der Waals surface area (Å²) in [5.74, 6) is 0.726. The Balaban J connectivity index is 1.93. The summed E-state index contributed by atoms with van der Waals surface area (Å²) in [7, 11) is -3.35. The van der Waals surface area contributed by atoms with Gasteiger partial charge in [-0.25, -0.2) is 13.1 Å². The Hall–Kier alpha value is -0.430. The van der Waals surface area contributed by atoms with E-state index in [0.29, 0.717) is 4.21 Å². The van der Waals surface area contributed by atoms with Gasteiger partial charge in [0.2, 0.25) is 10.0 Å². The molecule has 1 aromatic rings. The molecule has 0 unspecified atom stereocenters. The first-order chi connectivity index (χ1) is 10.0. The van der Waals surface area contributed by atoms with Crippen molar-refractivity contribution in [2.45, 2.75) is 62.7 Å². The third-order valence-corrected chi connectivity index (χ3v) is 7.06. The maximum absolute atomic E-state index is 12.4. The van der Waals surface area contributed by atoms with Gasteiger partial charge in [0.15, 0.2) is 0 Å². The molecule has 1 fully saturated rings. The number of rotatable bonds is 7. The third-order valence-electron chi connectivity index (χ3n) is 3.97. The molecule has 1 aromatic heterocycles. The normalized spacial score (nSPS) is 23.3. The molecule has 0 radical (unpaired) electrons. The SMILES string of the molecule is CCCNCc1ccc(S(=O)(=O)NC2CCC(C)CC2)s1. The van der Waals surface area contributed by atoms with Gasteiger partial charge < -0.3 is 5.32 Å². The second-order valence-corrected chi connectivity index (χ2v) is 9.08. The molecule has 2 N–H and O–H groups in total. The average Bonchev–Trinajstić information content (AvgIpc) is 2.91. The van der Waals surface area contributed by atoms with Crippen LogP contribution in [0.15, 0.2) is 16.3 Å². The van der Waals surface area contributed by atoms with Crippen LogP contribution in [0.2, 0.25) is 0 Å². The van der Waals surface area contributed by atoms with Crippen LogP contribution in [-0.4, -0.2) is 21.0 Å². The van der Waals surface area contributed by atoms with Crippen LogP contribution in [0.4, 0.5) is 0 Å². The van der Waals surface area contributed by atoms with E-state index in [1.807, 2.05) is 6.07 Å². The quantitative estimate of drug-likeness (QED) is 0.755. The van der Waals surface area contributed by atoms with Gasteiger partial charge in [-0.2, -0.15) is 0 Å². The summed E-state index contributed by atoms with van der Waals surface area (Å²) in [4.78, 5) is 1.07. The van der Waals surface area contributed by atoms with Crippen molar-refractivity contribution in [2.75, 3.05) is 6.54 Å². The fraction of sp³-hybridized carbons (Fsp3) is 0.733. The summed E-state index contributed by atoms with van der Waals surface area (Å²) in [5, 5.41) is 3.30. The fourth-order valence-corrected chi connectivity index (χ4v) is 5.29. The van der Waals surface area contributed by atoms with Crippen molar-refractivity contribution in [1.82, 2.24) is 10.0 Å². The first kappa shape index (κ1) is 16.9. The third kappa shape index (κ3) is 5.06. The molecule has 6 heteroatoms. The lowest BCUT2D eigenvalue weighted by molar-refractivity contribution is 0.332. The predicted molar refractivity (Wildman–Crippen MR) is 88.1 cm³/mol. The van der Waals surface area contributed by atoms with Gasteiger partial charge in [-0.3, -0.25) is 0 Å². The molecule has 0 atom stereocenters. The van der Waals surface area contributed by atoms with Crippen LogP contribution >= 0.6 is 11.3 Å². The van der Waals surface area contributed by atoms with Crippen molar-refractivity contribution in [1.29, 1.82) is 0 Å². The average molecular weight is 331 g/mol. The van der Waals surface area contributed by atoms with E-state index in [2.05, 4.69) is 23.9 Å². The van der Waals surface area contributed by atoms with Gasteiger partial charge in [0.25, 0.3) is 0 Å². The van der Waals surface area contributed by atoms with Gasteiger partial charge in [-0.05, 0) is 56.7 Å². The van der Waals surface area contributed by atoms with Gasteiger partial charge in [-0.15, -0.1) is 11.3 Å². The van der Waals surface area contributed by atoms with Crippen LogP contribution in [0.5, 0.6) is 0 Å². The molecule has 0 saturated heterocycles. The number of sulfonamides is 1. The molecule has 1 heterocycles. The van der Waals surface area contributed by atoms with Crippen LogP contribution < -0.4 is 10.0 Å². The standard InChI is InChI=1S/C15H26N2O2S2/c1-3-10-16-11-14-8-9-15(20-14)21(18,19)17-13-6-4-12(2)5-7-13/h8-9,12-13,16-17H,3-7,10-11H2,1-2H3. The summed E-state index contributed by atoms with van der Waals surface area (Å²) >= 11 is 1.37. The zero-order chi connectivity index (χ0) is 15.3. The molecule has 0 aromatic carbocycles. The van der Waals surface area contributed by atoms with Crippen molar-refractivity contribution < 1.29 is 8.42 Å². The van der Waals surface area contributed by atoms with Gasteiger partial charge in [0.05, 0.1) is 0 Å².